The Hall–Kier alpha value is -3.00. The molecule has 4 aromatic carbocycles. The first-order valence-corrected chi connectivity index (χ1v) is 46.0. The number of benzene rings is 4. The summed E-state index contributed by atoms with van der Waals surface area (Å²) in [5.41, 5.74) is 13.1. The number of thioether (sulfide) groups is 8. The van der Waals surface area contributed by atoms with E-state index in [1.807, 2.05) is 94.1 Å². The minimum absolute atomic E-state index is 0.678. The van der Waals surface area contributed by atoms with Crippen molar-refractivity contribution in [3.63, 3.8) is 0 Å². The average molecular weight is 1460 g/mol. The van der Waals surface area contributed by atoms with Gasteiger partial charge in [0.05, 0.1) is 0 Å². The fourth-order valence-corrected chi connectivity index (χ4v) is 21.7. The molecule has 17 heteroatoms. The highest BCUT2D eigenvalue weighted by Crippen LogP contribution is 2.47. The topological polar surface area (TPSA) is 135 Å². The Labute approximate surface area is 618 Å². The van der Waals surface area contributed by atoms with Crippen LogP contribution in [0.1, 0.15) is 254 Å². The van der Waals surface area contributed by atoms with Gasteiger partial charge in [0.1, 0.15) is 22.6 Å². The van der Waals surface area contributed by atoms with Gasteiger partial charge in [0.2, 0.25) is 0 Å². The van der Waals surface area contributed by atoms with E-state index in [0.717, 1.165) is 132 Å². The van der Waals surface area contributed by atoms with Gasteiger partial charge < -0.3 is 15.7 Å². The van der Waals surface area contributed by atoms with Crippen LogP contribution in [0.3, 0.4) is 0 Å². The summed E-state index contributed by atoms with van der Waals surface area (Å²) in [5.74, 6) is 11.3. The van der Waals surface area contributed by atoms with Crippen molar-refractivity contribution in [3.8, 4) is 45.6 Å². The first-order valence-electron chi connectivity index (χ1n) is 38.1. The lowest BCUT2D eigenvalue weighted by Crippen LogP contribution is -1.97. The summed E-state index contributed by atoms with van der Waals surface area (Å²) in [6.07, 6.45) is 39.2. The number of nitrogens with one attached hydrogen (secondary N) is 2. The van der Waals surface area contributed by atoms with Crippen molar-refractivity contribution in [2.45, 2.75) is 293 Å². The van der Waals surface area contributed by atoms with Gasteiger partial charge in [-0.2, -0.15) is 0 Å². The fraction of sp³-hybridized carbons (Fsp3) is 0.600. The van der Waals surface area contributed by atoms with Crippen LogP contribution in [0.25, 0.3) is 89.7 Å². The van der Waals surface area contributed by atoms with Crippen molar-refractivity contribution < 1.29 is 0 Å². The van der Waals surface area contributed by atoms with Crippen LogP contribution in [0, 0.1) is 0 Å². The van der Waals surface area contributed by atoms with Crippen LogP contribution in [0.5, 0.6) is 0 Å². The Morgan fingerprint density at radius 1 is 0.237 bits per heavy atom. The molecule has 0 aliphatic carbocycles. The standard InChI is InChI=1S/C80H115N9S8/c1-8-15-22-32-41-90-65-49-57-58(50-66(65)91-42-33-23-16-9-2)74-82-73(57)83-75-59-51-67(92-43-34-24-17-10-3)68(93-44-35-25-18-11-4)52-60(59)77(85-75)87-79-63-55-71(96-47-38-28-21-14-7)72(97-48-39-30-29-31-40-81)56-64(63)80(89-79)88-78-62-54-70(95-46-37-27-20-13-6)69(94-45-36-26-19-12-5)53-61(62)76(84-74)86-78/h49-56H,8-48,81H2,1-7H3,(H2,82,83,84,85,86,87,88,89). The van der Waals surface area contributed by atoms with Crippen molar-refractivity contribution in [2.75, 3.05) is 52.6 Å². The molecule has 9 nitrogen and oxygen atoms in total. The zero-order valence-corrected chi connectivity index (χ0v) is 66.7. The highest BCUT2D eigenvalue weighted by atomic mass is 32.2. The molecule has 5 heterocycles. The molecule has 528 valence electrons. The van der Waals surface area contributed by atoms with Gasteiger partial charge in [-0.15, -0.1) is 94.1 Å². The third-order valence-electron chi connectivity index (χ3n) is 18.2. The van der Waals surface area contributed by atoms with Crippen LogP contribution < -0.4 is 5.73 Å². The number of hydrogen-bond donors (Lipinski definition) is 3. The van der Waals surface area contributed by atoms with E-state index >= 15 is 0 Å². The number of nitrogens with zero attached hydrogens (tertiary/aromatic N) is 6. The predicted molar refractivity (Wildman–Crippen MR) is 438 cm³/mol. The van der Waals surface area contributed by atoms with Crippen LogP contribution in [0.4, 0.5) is 0 Å². The highest BCUT2D eigenvalue weighted by Gasteiger charge is 2.27. The molecule has 3 aromatic heterocycles. The van der Waals surface area contributed by atoms with E-state index in [9.17, 15) is 0 Å². The molecular weight excluding hydrogens is 1340 g/mol. The molecule has 4 N–H and O–H groups in total. The normalized spacial score (nSPS) is 12.1. The molecule has 7 aromatic rings. The number of unbranched alkanes of at least 4 members (excludes halogenated alkanes) is 24. The predicted octanol–water partition coefficient (Wildman–Crippen LogP) is 27.2. The second kappa shape index (κ2) is 43.8. The third-order valence-corrected chi connectivity index (χ3v) is 27.9. The zero-order chi connectivity index (χ0) is 67.8. The highest BCUT2D eigenvalue weighted by molar-refractivity contribution is 8.03. The number of aromatic amines is 2. The molecule has 2 aliphatic rings. The van der Waals surface area contributed by atoms with Crippen molar-refractivity contribution in [3.05, 3.63) is 48.5 Å². The van der Waals surface area contributed by atoms with Crippen LogP contribution in [0.15, 0.2) is 87.7 Å². The molecular formula is C80H115N9S8. The summed E-state index contributed by atoms with van der Waals surface area (Å²) in [6.45, 7) is 16.9. The molecule has 0 atom stereocenters. The maximum absolute atomic E-state index is 5.97. The van der Waals surface area contributed by atoms with Gasteiger partial charge in [-0.3, -0.25) is 0 Å². The molecule has 0 saturated heterocycles. The first kappa shape index (κ1) is 78.1. The van der Waals surface area contributed by atoms with E-state index in [2.05, 4.69) is 107 Å². The SMILES string of the molecule is CCCCCCSc1cc2c(cc1SCCCCCC)-c1nc-2nc2[nH]c(nc3nc(nc4[nH]c(n1)c1cc(SCCCCCC)c(SCCCCCCN)cc41)-c1cc(SCCCCCC)c(SCCCCCC)cc1-3)c1cc(SCCCCCC)c(SCCCCCC)cc21. The minimum Gasteiger partial charge on any atom is -0.330 e. The van der Waals surface area contributed by atoms with Crippen LogP contribution >= 0.6 is 94.1 Å². The molecule has 9 rings (SSSR count). The molecule has 0 amide bonds. The number of rotatable bonds is 49. The third kappa shape index (κ3) is 23.2. The van der Waals surface area contributed by atoms with Crippen molar-refractivity contribution in [1.29, 1.82) is 0 Å². The summed E-state index contributed by atoms with van der Waals surface area (Å²) >= 11 is 16.1. The van der Waals surface area contributed by atoms with Crippen LogP contribution in [-0.4, -0.2) is 92.4 Å². The fourth-order valence-electron chi connectivity index (χ4n) is 12.5. The van der Waals surface area contributed by atoms with E-state index in [1.165, 1.54) is 232 Å². The van der Waals surface area contributed by atoms with Crippen molar-refractivity contribution in [1.82, 2.24) is 39.9 Å². The molecule has 97 heavy (non-hydrogen) atoms. The van der Waals surface area contributed by atoms with Gasteiger partial charge in [0.15, 0.2) is 23.3 Å². The molecule has 0 saturated carbocycles. The van der Waals surface area contributed by atoms with E-state index in [4.69, 9.17) is 35.6 Å². The number of hydrogen-bond acceptors (Lipinski definition) is 15. The molecule has 0 fully saturated rings. The summed E-state index contributed by atoms with van der Waals surface area (Å²) < 4.78 is 0. The second-order valence-corrected chi connectivity index (χ2v) is 35.5. The van der Waals surface area contributed by atoms with E-state index in [-0.39, 0.29) is 0 Å². The lowest BCUT2D eigenvalue weighted by Gasteiger charge is -2.12. The van der Waals surface area contributed by atoms with Gasteiger partial charge in [-0.05, 0) is 159 Å². The van der Waals surface area contributed by atoms with Crippen molar-refractivity contribution >= 4 is 138 Å². The lowest BCUT2D eigenvalue weighted by molar-refractivity contribution is 0.678. The maximum atomic E-state index is 5.97. The van der Waals surface area contributed by atoms with Crippen LogP contribution in [-0.2, 0) is 0 Å². The largest absolute Gasteiger partial charge is 0.330 e. The number of aromatic nitrogens is 8. The molecule has 0 spiro atoms. The van der Waals surface area contributed by atoms with E-state index in [0.29, 0.717) is 23.3 Å². The quantitative estimate of drug-likeness (QED) is 0.0246. The Kier molecular flexibility index (Phi) is 35.3. The molecule has 8 bridgehead atoms. The molecule has 0 unspecified atom stereocenters. The Balaban J connectivity index is 1.36. The summed E-state index contributed by atoms with van der Waals surface area (Å²) in [7, 11) is 0. The molecule has 2 aliphatic heterocycles. The Bertz CT molecular complexity index is 3690. The lowest BCUT2D eigenvalue weighted by atomic mass is 10.1. The monoisotopic (exact) mass is 1460 g/mol. The minimum atomic E-state index is 0.678. The Morgan fingerprint density at radius 2 is 0.423 bits per heavy atom. The Morgan fingerprint density at radius 3 is 0.619 bits per heavy atom. The van der Waals surface area contributed by atoms with Gasteiger partial charge in [-0.1, -0.05) is 196 Å². The van der Waals surface area contributed by atoms with Crippen LogP contribution in [0.2, 0.25) is 0 Å². The number of fused-ring (bicyclic) bond motifs is 20. The summed E-state index contributed by atoms with van der Waals surface area (Å²) in [4.78, 5) is 52.9. The van der Waals surface area contributed by atoms with E-state index in [1.54, 1.807) is 0 Å². The maximum Gasteiger partial charge on any atom is 0.164 e. The van der Waals surface area contributed by atoms with Crippen molar-refractivity contribution in [2.24, 2.45) is 5.73 Å². The second-order valence-electron chi connectivity index (χ2n) is 26.4. The zero-order valence-electron chi connectivity index (χ0n) is 60.1. The smallest absolute Gasteiger partial charge is 0.164 e. The molecule has 0 radical (unpaired) electrons. The average Bonchev–Trinajstić information content (AvgIpc) is 1.61. The first-order chi connectivity index (χ1) is 47.8. The summed E-state index contributed by atoms with van der Waals surface area (Å²) in [6, 6.07) is 19.4. The summed E-state index contributed by atoms with van der Waals surface area (Å²) in [5, 5.41) is 4.22. The van der Waals surface area contributed by atoms with Gasteiger partial charge in [0.25, 0.3) is 0 Å². The van der Waals surface area contributed by atoms with E-state index < -0.39 is 0 Å². The number of nitrogens with two attached hydrogens (primary N) is 1. The van der Waals surface area contributed by atoms with Gasteiger partial charge >= 0.3 is 0 Å². The number of H-pyrrole nitrogens is 2. The van der Waals surface area contributed by atoms with Gasteiger partial charge in [-0.25, -0.2) is 29.9 Å². The van der Waals surface area contributed by atoms with Gasteiger partial charge in [0, 0.05) is 83.0 Å².